The molecule has 1 amide bonds. The van der Waals surface area contributed by atoms with Crippen molar-refractivity contribution in [3.05, 3.63) is 34.9 Å². The molecule has 5 nitrogen and oxygen atoms in total. The summed E-state index contributed by atoms with van der Waals surface area (Å²) >= 11 is 5.95. The van der Waals surface area contributed by atoms with Gasteiger partial charge >= 0.3 is 0 Å². The van der Waals surface area contributed by atoms with Gasteiger partial charge in [-0.1, -0.05) is 23.7 Å². The average Bonchev–Trinajstić information content (AvgIpc) is 2.50. The maximum Gasteiger partial charge on any atom is 0.236 e. The molecule has 1 fully saturated rings. The number of benzene rings is 1. The largest absolute Gasteiger partial charge is 0.379 e. The minimum absolute atomic E-state index is 0.105. The summed E-state index contributed by atoms with van der Waals surface area (Å²) in [5.74, 6) is -0.137. The van der Waals surface area contributed by atoms with Gasteiger partial charge in [-0.15, -0.1) is 0 Å². The zero-order valence-corrected chi connectivity index (χ0v) is 13.0. The van der Waals surface area contributed by atoms with Crippen molar-refractivity contribution in [2.75, 3.05) is 32.8 Å². The first-order valence-electron chi connectivity index (χ1n) is 7.18. The molecule has 1 aliphatic heterocycles. The van der Waals surface area contributed by atoms with Crippen LogP contribution in [-0.4, -0.2) is 49.7 Å². The van der Waals surface area contributed by atoms with Crippen LogP contribution in [0.15, 0.2) is 24.3 Å². The molecule has 2 atom stereocenters. The van der Waals surface area contributed by atoms with Crippen molar-refractivity contribution in [1.29, 1.82) is 0 Å². The molecule has 2 rings (SSSR count). The number of amides is 1. The number of hydrogen-bond donors (Lipinski definition) is 2. The highest BCUT2D eigenvalue weighted by Gasteiger charge is 2.23. The number of nitrogens with two attached hydrogens (primary N) is 1. The summed E-state index contributed by atoms with van der Waals surface area (Å²) in [6, 6.07) is 7.35. The Morgan fingerprint density at radius 1 is 1.38 bits per heavy atom. The minimum Gasteiger partial charge on any atom is -0.379 e. The number of halogens is 1. The van der Waals surface area contributed by atoms with Crippen LogP contribution < -0.4 is 11.1 Å². The smallest absolute Gasteiger partial charge is 0.236 e. The molecule has 6 heteroatoms. The number of rotatable bonds is 5. The SMILES string of the molecule is C[C@@H](N)C(=O)NCC(c1ccc(Cl)cc1)N1CCOCC1. The van der Waals surface area contributed by atoms with Crippen LogP contribution in [0.1, 0.15) is 18.5 Å². The first-order valence-corrected chi connectivity index (χ1v) is 7.56. The van der Waals surface area contributed by atoms with E-state index in [-0.39, 0.29) is 11.9 Å². The zero-order chi connectivity index (χ0) is 15.2. The quantitative estimate of drug-likeness (QED) is 0.857. The average molecular weight is 312 g/mol. The molecule has 21 heavy (non-hydrogen) atoms. The van der Waals surface area contributed by atoms with Crippen molar-refractivity contribution in [3.63, 3.8) is 0 Å². The summed E-state index contributed by atoms with van der Waals surface area (Å²) in [6.45, 7) is 5.34. The molecule has 1 unspecified atom stereocenters. The lowest BCUT2D eigenvalue weighted by molar-refractivity contribution is -0.122. The van der Waals surface area contributed by atoms with E-state index in [4.69, 9.17) is 22.1 Å². The third-order valence-electron chi connectivity index (χ3n) is 3.62. The van der Waals surface area contributed by atoms with E-state index in [9.17, 15) is 4.79 Å². The highest BCUT2D eigenvalue weighted by atomic mass is 35.5. The minimum atomic E-state index is -0.499. The van der Waals surface area contributed by atoms with Crippen molar-refractivity contribution in [3.8, 4) is 0 Å². The molecule has 3 N–H and O–H groups in total. The first kappa shape index (κ1) is 16.2. The Kier molecular flexibility index (Phi) is 5.99. The lowest BCUT2D eigenvalue weighted by atomic mass is 10.0. The van der Waals surface area contributed by atoms with Crippen LogP contribution >= 0.6 is 11.6 Å². The zero-order valence-electron chi connectivity index (χ0n) is 12.2. The Labute approximate surface area is 130 Å². The van der Waals surface area contributed by atoms with Crippen LogP contribution in [0.5, 0.6) is 0 Å². The number of hydrogen-bond acceptors (Lipinski definition) is 4. The molecule has 0 bridgehead atoms. The van der Waals surface area contributed by atoms with Crippen molar-refractivity contribution in [2.24, 2.45) is 5.73 Å². The van der Waals surface area contributed by atoms with E-state index in [1.807, 2.05) is 24.3 Å². The number of carbonyl (C=O) groups excluding carboxylic acids is 1. The molecular weight excluding hydrogens is 290 g/mol. The molecule has 0 spiro atoms. The van der Waals surface area contributed by atoms with Gasteiger partial charge in [-0.3, -0.25) is 9.69 Å². The normalized spacial score (nSPS) is 19.0. The maximum atomic E-state index is 11.7. The van der Waals surface area contributed by atoms with E-state index in [1.54, 1.807) is 6.92 Å². The standard InChI is InChI=1S/C15H22ClN3O2/c1-11(17)15(20)18-10-14(19-6-8-21-9-7-19)12-2-4-13(16)5-3-12/h2-5,11,14H,6-10,17H2,1H3,(H,18,20)/t11-,14?/m1/s1. The molecule has 0 radical (unpaired) electrons. The molecular formula is C15H22ClN3O2. The highest BCUT2D eigenvalue weighted by molar-refractivity contribution is 6.30. The van der Waals surface area contributed by atoms with Gasteiger partial charge in [0.15, 0.2) is 0 Å². The Bertz CT molecular complexity index is 458. The summed E-state index contributed by atoms with van der Waals surface area (Å²) in [7, 11) is 0. The van der Waals surface area contributed by atoms with Gasteiger partial charge in [-0.2, -0.15) is 0 Å². The molecule has 0 aromatic heterocycles. The molecule has 0 aliphatic carbocycles. The van der Waals surface area contributed by atoms with Crippen molar-refractivity contribution in [1.82, 2.24) is 10.2 Å². The van der Waals surface area contributed by atoms with Gasteiger partial charge in [0, 0.05) is 24.7 Å². The summed E-state index contributed by atoms with van der Waals surface area (Å²) < 4.78 is 5.40. The van der Waals surface area contributed by atoms with Crippen molar-refractivity contribution < 1.29 is 9.53 Å². The molecule has 1 aromatic carbocycles. The van der Waals surface area contributed by atoms with Gasteiger partial charge in [0.25, 0.3) is 0 Å². The van der Waals surface area contributed by atoms with Crippen LogP contribution in [0.4, 0.5) is 0 Å². The number of nitrogens with one attached hydrogen (secondary N) is 1. The molecule has 0 saturated carbocycles. The van der Waals surface area contributed by atoms with Crippen molar-refractivity contribution >= 4 is 17.5 Å². The molecule has 1 heterocycles. The summed E-state index contributed by atoms with van der Waals surface area (Å²) in [5, 5.41) is 3.62. The number of nitrogens with zero attached hydrogens (tertiary/aromatic N) is 1. The molecule has 116 valence electrons. The Hall–Kier alpha value is -1.14. The lowest BCUT2D eigenvalue weighted by Crippen LogP contribution is -2.46. The van der Waals surface area contributed by atoms with Gasteiger partial charge in [-0.05, 0) is 24.6 Å². The Morgan fingerprint density at radius 2 is 2.00 bits per heavy atom. The topological polar surface area (TPSA) is 67.6 Å². The number of ether oxygens (including phenoxy) is 1. The fourth-order valence-electron chi connectivity index (χ4n) is 2.39. The molecule has 1 aliphatic rings. The van der Waals surface area contributed by atoms with Gasteiger partial charge < -0.3 is 15.8 Å². The molecule has 1 saturated heterocycles. The van der Waals surface area contributed by atoms with E-state index in [0.717, 1.165) is 18.7 Å². The molecule has 1 aromatic rings. The van der Waals surface area contributed by atoms with Crippen LogP contribution in [0, 0.1) is 0 Å². The first-order chi connectivity index (χ1) is 10.1. The fraction of sp³-hybridized carbons (Fsp3) is 0.533. The van der Waals surface area contributed by atoms with Gasteiger partial charge in [0.1, 0.15) is 0 Å². The Morgan fingerprint density at radius 3 is 2.57 bits per heavy atom. The highest BCUT2D eigenvalue weighted by Crippen LogP contribution is 2.23. The third kappa shape index (κ3) is 4.68. The summed E-state index contributed by atoms with van der Waals surface area (Å²) in [6.07, 6.45) is 0. The summed E-state index contributed by atoms with van der Waals surface area (Å²) in [4.78, 5) is 14.0. The van der Waals surface area contributed by atoms with E-state index in [2.05, 4.69) is 10.2 Å². The van der Waals surface area contributed by atoms with Gasteiger partial charge in [-0.25, -0.2) is 0 Å². The predicted molar refractivity (Wildman–Crippen MR) is 83.2 cm³/mol. The van der Waals surface area contributed by atoms with E-state index in [0.29, 0.717) is 24.8 Å². The van der Waals surface area contributed by atoms with Crippen LogP contribution in [0.3, 0.4) is 0 Å². The van der Waals surface area contributed by atoms with E-state index >= 15 is 0 Å². The predicted octanol–water partition coefficient (Wildman–Crippen LogP) is 1.18. The van der Waals surface area contributed by atoms with Crippen molar-refractivity contribution in [2.45, 2.75) is 19.0 Å². The lowest BCUT2D eigenvalue weighted by Gasteiger charge is -2.35. The van der Waals surface area contributed by atoms with Crippen LogP contribution in [-0.2, 0) is 9.53 Å². The van der Waals surface area contributed by atoms with Gasteiger partial charge in [0.2, 0.25) is 5.91 Å². The fourth-order valence-corrected chi connectivity index (χ4v) is 2.52. The third-order valence-corrected chi connectivity index (χ3v) is 3.88. The Balaban J connectivity index is 2.09. The second-order valence-electron chi connectivity index (χ2n) is 5.25. The number of carbonyl (C=O) groups is 1. The maximum absolute atomic E-state index is 11.7. The second kappa shape index (κ2) is 7.75. The van der Waals surface area contributed by atoms with Crippen LogP contribution in [0.2, 0.25) is 5.02 Å². The van der Waals surface area contributed by atoms with Gasteiger partial charge in [0.05, 0.1) is 25.3 Å². The van der Waals surface area contributed by atoms with E-state index in [1.165, 1.54) is 0 Å². The second-order valence-corrected chi connectivity index (χ2v) is 5.69. The number of morpholine rings is 1. The monoisotopic (exact) mass is 311 g/mol. The van der Waals surface area contributed by atoms with Crippen LogP contribution in [0.25, 0.3) is 0 Å². The summed E-state index contributed by atoms with van der Waals surface area (Å²) in [5.41, 5.74) is 6.73. The van der Waals surface area contributed by atoms with E-state index < -0.39 is 6.04 Å².